The van der Waals surface area contributed by atoms with Crippen molar-refractivity contribution in [3.63, 3.8) is 0 Å². The van der Waals surface area contributed by atoms with E-state index in [9.17, 15) is 18.0 Å². The lowest BCUT2D eigenvalue weighted by Gasteiger charge is -2.11. The monoisotopic (exact) mass is 459 g/mol. The molecule has 1 N–H and O–H groups in total. The molecule has 3 aromatic rings. The summed E-state index contributed by atoms with van der Waals surface area (Å²) in [5, 5.41) is 2.90. The van der Waals surface area contributed by atoms with Crippen LogP contribution in [0.1, 0.15) is 27.0 Å². The zero-order valence-electron chi connectivity index (χ0n) is 17.2. The molecule has 1 aromatic heterocycles. The number of carbonyl (C=O) groups excluding carboxylic acids is 2. The highest BCUT2D eigenvalue weighted by molar-refractivity contribution is 7.89. The van der Waals surface area contributed by atoms with E-state index < -0.39 is 21.9 Å². The van der Waals surface area contributed by atoms with Gasteiger partial charge in [0.15, 0.2) is 5.13 Å². The van der Waals surface area contributed by atoms with Gasteiger partial charge in [0.25, 0.3) is 5.91 Å². The first kappa shape index (κ1) is 22.6. The number of aromatic nitrogens is 1. The third-order valence-corrected chi connectivity index (χ3v) is 7.03. The summed E-state index contributed by atoms with van der Waals surface area (Å²) in [4.78, 5) is 29.8. The Balaban J connectivity index is 1.87. The summed E-state index contributed by atoms with van der Waals surface area (Å²) in [6, 6.07) is 14.7. The molecule has 10 heteroatoms. The molecule has 0 unspecified atom stereocenters. The Morgan fingerprint density at radius 3 is 2.29 bits per heavy atom. The molecule has 2 aromatic carbocycles. The van der Waals surface area contributed by atoms with Gasteiger partial charge in [-0.15, -0.1) is 0 Å². The summed E-state index contributed by atoms with van der Waals surface area (Å²) < 4.78 is 30.6. The van der Waals surface area contributed by atoms with Crippen molar-refractivity contribution in [1.29, 1.82) is 0 Å². The lowest BCUT2D eigenvalue weighted by atomic mass is 10.1. The van der Waals surface area contributed by atoms with Gasteiger partial charge < -0.3 is 4.74 Å². The predicted octanol–water partition coefficient (Wildman–Crippen LogP) is 3.49. The second-order valence-electron chi connectivity index (χ2n) is 6.55. The van der Waals surface area contributed by atoms with Gasteiger partial charge in [0, 0.05) is 25.2 Å². The molecule has 0 saturated carbocycles. The van der Waals surface area contributed by atoms with E-state index in [0.717, 1.165) is 21.2 Å². The van der Waals surface area contributed by atoms with E-state index in [-0.39, 0.29) is 27.1 Å². The SMILES string of the molecule is CCOC(=O)c1sc(NC(=O)c2ccc(S(=O)(=O)N(C)C)cc2)nc1-c1ccccc1. The third-order valence-electron chi connectivity index (χ3n) is 4.25. The lowest BCUT2D eigenvalue weighted by Crippen LogP contribution is -2.22. The number of amides is 1. The second-order valence-corrected chi connectivity index (χ2v) is 9.70. The smallest absolute Gasteiger partial charge is 0.350 e. The van der Waals surface area contributed by atoms with E-state index in [4.69, 9.17) is 4.74 Å². The van der Waals surface area contributed by atoms with E-state index in [0.29, 0.717) is 5.69 Å². The van der Waals surface area contributed by atoms with E-state index in [1.165, 1.54) is 38.4 Å². The number of carbonyl (C=O) groups is 2. The van der Waals surface area contributed by atoms with Gasteiger partial charge in [0.05, 0.1) is 17.2 Å². The van der Waals surface area contributed by atoms with Crippen LogP contribution in [0.15, 0.2) is 59.5 Å². The van der Waals surface area contributed by atoms with Crippen LogP contribution in [-0.2, 0) is 14.8 Å². The number of hydrogen-bond donors (Lipinski definition) is 1. The quantitative estimate of drug-likeness (QED) is 0.542. The number of benzene rings is 2. The fourth-order valence-electron chi connectivity index (χ4n) is 2.66. The van der Waals surface area contributed by atoms with Crippen molar-refractivity contribution in [2.45, 2.75) is 11.8 Å². The molecule has 0 atom stereocenters. The number of rotatable bonds is 7. The van der Waals surface area contributed by atoms with Crippen LogP contribution >= 0.6 is 11.3 Å². The first-order chi connectivity index (χ1) is 14.7. The Bertz CT molecular complexity index is 1190. The highest BCUT2D eigenvalue weighted by Crippen LogP contribution is 2.32. The molecule has 8 nitrogen and oxygen atoms in total. The summed E-state index contributed by atoms with van der Waals surface area (Å²) in [5.41, 5.74) is 1.40. The van der Waals surface area contributed by atoms with Crippen LogP contribution in [0, 0.1) is 0 Å². The number of esters is 1. The second kappa shape index (κ2) is 9.38. The number of hydrogen-bond acceptors (Lipinski definition) is 7. The Kier molecular flexibility index (Phi) is 6.84. The number of nitrogens with zero attached hydrogens (tertiary/aromatic N) is 2. The zero-order chi connectivity index (χ0) is 22.6. The van der Waals surface area contributed by atoms with Gasteiger partial charge in [-0.1, -0.05) is 41.7 Å². The Morgan fingerprint density at radius 2 is 1.71 bits per heavy atom. The van der Waals surface area contributed by atoms with E-state index in [2.05, 4.69) is 10.3 Å². The minimum absolute atomic E-state index is 0.0826. The standard InChI is InChI=1S/C21H21N3O5S2/c1-4-29-20(26)18-17(14-8-6-5-7-9-14)22-21(30-18)23-19(25)15-10-12-16(13-11-15)31(27,28)24(2)3/h5-13H,4H2,1-3H3,(H,22,23,25). The number of nitrogens with one attached hydrogen (secondary N) is 1. The van der Waals surface area contributed by atoms with Gasteiger partial charge in [-0.2, -0.15) is 0 Å². The number of thiazole rings is 1. The average Bonchev–Trinajstić information content (AvgIpc) is 3.18. The highest BCUT2D eigenvalue weighted by Gasteiger charge is 2.22. The number of anilines is 1. The Hall–Kier alpha value is -3.08. The van der Waals surface area contributed by atoms with Gasteiger partial charge in [0.2, 0.25) is 10.0 Å². The third kappa shape index (κ3) is 4.98. The van der Waals surface area contributed by atoms with E-state index in [1.807, 2.05) is 30.3 Å². The molecule has 0 radical (unpaired) electrons. The molecule has 1 heterocycles. The molecule has 31 heavy (non-hydrogen) atoms. The summed E-state index contributed by atoms with van der Waals surface area (Å²) in [7, 11) is -0.717. The van der Waals surface area contributed by atoms with Crippen LogP contribution < -0.4 is 5.32 Å². The molecule has 0 spiro atoms. The average molecular weight is 460 g/mol. The first-order valence-corrected chi connectivity index (χ1v) is 11.6. The van der Waals surface area contributed by atoms with Crippen LogP contribution in [0.25, 0.3) is 11.3 Å². The van der Waals surface area contributed by atoms with Gasteiger partial charge in [-0.25, -0.2) is 22.5 Å². The van der Waals surface area contributed by atoms with Crippen molar-refractivity contribution in [3.8, 4) is 11.3 Å². The normalized spacial score (nSPS) is 11.4. The maximum Gasteiger partial charge on any atom is 0.350 e. The molecule has 162 valence electrons. The van der Waals surface area contributed by atoms with Crippen molar-refractivity contribution < 1.29 is 22.7 Å². The van der Waals surface area contributed by atoms with Crippen LogP contribution in [0.2, 0.25) is 0 Å². The molecule has 3 rings (SSSR count). The summed E-state index contributed by atoms with van der Waals surface area (Å²) in [6.07, 6.45) is 0. The van der Waals surface area contributed by atoms with Crippen molar-refractivity contribution in [2.24, 2.45) is 0 Å². The fraction of sp³-hybridized carbons (Fsp3) is 0.190. The molecular formula is C21H21N3O5S2. The Labute approximate surface area is 184 Å². The molecule has 0 aliphatic rings. The molecule has 0 saturated heterocycles. The topological polar surface area (TPSA) is 106 Å². The molecule has 0 fully saturated rings. The van der Waals surface area contributed by atoms with Gasteiger partial charge in [-0.05, 0) is 31.2 Å². The van der Waals surface area contributed by atoms with Crippen molar-refractivity contribution >= 4 is 38.4 Å². The highest BCUT2D eigenvalue weighted by atomic mass is 32.2. The van der Waals surface area contributed by atoms with Crippen molar-refractivity contribution in [2.75, 3.05) is 26.0 Å². The summed E-state index contributed by atoms with van der Waals surface area (Å²) in [5.74, 6) is -0.991. The molecule has 0 bridgehead atoms. The van der Waals surface area contributed by atoms with Crippen LogP contribution in [0.3, 0.4) is 0 Å². The van der Waals surface area contributed by atoms with Crippen LogP contribution in [0.4, 0.5) is 5.13 Å². The van der Waals surface area contributed by atoms with Crippen LogP contribution in [0.5, 0.6) is 0 Å². The number of sulfonamides is 1. The molecule has 0 aliphatic heterocycles. The van der Waals surface area contributed by atoms with Crippen molar-refractivity contribution in [1.82, 2.24) is 9.29 Å². The fourth-order valence-corrected chi connectivity index (χ4v) is 4.44. The largest absolute Gasteiger partial charge is 0.462 e. The minimum Gasteiger partial charge on any atom is -0.462 e. The molecular weight excluding hydrogens is 438 g/mol. The lowest BCUT2D eigenvalue weighted by molar-refractivity contribution is 0.0532. The molecule has 0 aliphatic carbocycles. The van der Waals surface area contributed by atoms with Gasteiger partial charge in [0.1, 0.15) is 4.88 Å². The maximum absolute atomic E-state index is 12.6. The number of ether oxygens (including phenoxy) is 1. The van der Waals surface area contributed by atoms with Crippen molar-refractivity contribution in [3.05, 3.63) is 65.0 Å². The first-order valence-electron chi connectivity index (χ1n) is 9.31. The minimum atomic E-state index is -3.59. The van der Waals surface area contributed by atoms with E-state index >= 15 is 0 Å². The summed E-state index contributed by atoms with van der Waals surface area (Å²) in [6.45, 7) is 1.93. The molecule has 1 amide bonds. The van der Waals surface area contributed by atoms with Gasteiger partial charge >= 0.3 is 5.97 Å². The van der Waals surface area contributed by atoms with E-state index in [1.54, 1.807) is 6.92 Å². The summed E-state index contributed by atoms with van der Waals surface area (Å²) >= 11 is 1.02. The van der Waals surface area contributed by atoms with Crippen LogP contribution in [-0.4, -0.2) is 50.3 Å². The Morgan fingerprint density at radius 1 is 1.06 bits per heavy atom. The zero-order valence-corrected chi connectivity index (χ0v) is 18.8. The predicted molar refractivity (Wildman–Crippen MR) is 119 cm³/mol. The maximum atomic E-state index is 12.6. The van der Waals surface area contributed by atoms with Gasteiger partial charge in [-0.3, -0.25) is 10.1 Å².